The minimum absolute atomic E-state index is 0.0671. The number of phenols is 1. The lowest BCUT2D eigenvalue weighted by atomic mass is 10.2. The molecule has 6 heteroatoms. The normalized spacial score (nSPS) is 9.05. The number of carbonyl (C=O) groups is 2. The van der Waals surface area contributed by atoms with Crippen LogP contribution >= 0.6 is 0 Å². The van der Waals surface area contributed by atoms with Crippen LogP contribution in [0.15, 0.2) is 54.6 Å². The molecular weight excluding hydrogens is 260 g/mol. The zero-order valence-corrected chi connectivity index (χ0v) is 10.5. The van der Waals surface area contributed by atoms with Gasteiger partial charge in [0.05, 0.1) is 0 Å². The van der Waals surface area contributed by atoms with Crippen LogP contribution in [-0.4, -0.2) is 22.1 Å². The monoisotopic (exact) mass is 274 g/mol. The molecule has 0 saturated carbocycles. The van der Waals surface area contributed by atoms with Crippen LogP contribution in [0.5, 0.6) is 5.75 Å². The van der Waals surface area contributed by atoms with Gasteiger partial charge in [0.25, 0.3) is 5.91 Å². The Hall–Kier alpha value is -2.86. The van der Waals surface area contributed by atoms with Crippen molar-refractivity contribution in [1.82, 2.24) is 5.43 Å². The first-order chi connectivity index (χ1) is 9.56. The summed E-state index contributed by atoms with van der Waals surface area (Å²) in [5, 5.41) is 17.3. The van der Waals surface area contributed by atoms with Crippen LogP contribution in [0.4, 0.5) is 0 Å². The van der Waals surface area contributed by atoms with Gasteiger partial charge in [0.1, 0.15) is 11.3 Å². The lowest BCUT2D eigenvalue weighted by molar-refractivity contribution is 0.0693. The number of carboxylic acids is 1. The van der Waals surface area contributed by atoms with Crippen molar-refractivity contribution in [2.24, 2.45) is 5.84 Å². The molecule has 6 nitrogen and oxygen atoms in total. The molecule has 0 radical (unpaired) electrons. The number of hydrogen-bond acceptors (Lipinski definition) is 4. The summed E-state index contributed by atoms with van der Waals surface area (Å²) in [4.78, 5) is 21.0. The summed E-state index contributed by atoms with van der Waals surface area (Å²) in [6.45, 7) is 0. The molecule has 0 heterocycles. The summed E-state index contributed by atoms with van der Waals surface area (Å²) in [5.41, 5.74) is 2.55. The number of aromatic carboxylic acids is 1. The minimum atomic E-state index is -1.11. The molecule has 0 aliphatic carbocycles. The van der Waals surface area contributed by atoms with Crippen molar-refractivity contribution in [3.05, 3.63) is 65.7 Å². The number of carboxylic acid groups (broad SMARTS) is 1. The lowest BCUT2D eigenvalue weighted by Crippen LogP contribution is -2.29. The number of nitrogens with one attached hydrogen (secondary N) is 1. The van der Waals surface area contributed by atoms with Crippen molar-refractivity contribution < 1.29 is 19.8 Å². The number of carbonyl (C=O) groups excluding carboxylic acids is 1. The smallest absolute Gasteiger partial charge is 0.339 e. The van der Waals surface area contributed by atoms with E-state index >= 15 is 0 Å². The number of aromatic hydroxyl groups is 1. The summed E-state index contributed by atoms with van der Waals surface area (Å²) in [6, 6.07) is 14.6. The average Bonchev–Trinajstić information content (AvgIpc) is 2.48. The maximum atomic E-state index is 10.8. The van der Waals surface area contributed by atoms with Crippen LogP contribution in [0.3, 0.4) is 0 Å². The Labute approximate surface area is 115 Å². The number of hydrogen-bond donors (Lipinski definition) is 4. The second-order valence-corrected chi connectivity index (χ2v) is 3.66. The van der Waals surface area contributed by atoms with Gasteiger partial charge in [-0.25, -0.2) is 10.6 Å². The van der Waals surface area contributed by atoms with Gasteiger partial charge in [0.15, 0.2) is 0 Å². The zero-order chi connectivity index (χ0) is 15.0. The molecule has 0 aliphatic rings. The Balaban J connectivity index is 0.000000200. The van der Waals surface area contributed by atoms with Crippen LogP contribution in [0.2, 0.25) is 0 Å². The number of nitrogen functional groups attached to an aromatic ring is 1. The van der Waals surface area contributed by atoms with Crippen molar-refractivity contribution in [2.45, 2.75) is 0 Å². The topological polar surface area (TPSA) is 113 Å². The van der Waals surface area contributed by atoms with E-state index in [2.05, 4.69) is 0 Å². The summed E-state index contributed by atoms with van der Waals surface area (Å²) < 4.78 is 0. The highest BCUT2D eigenvalue weighted by Gasteiger charge is 2.05. The Bertz CT molecular complexity index is 585. The van der Waals surface area contributed by atoms with Crippen molar-refractivity contribution >= 4 is 11.9 Å². The molecule has 0 aliphatic heterocycles. The van der Waals surface area contributed by atoms with Gasteiger partial charge in [-0.15, -0.1) is 0 Å². The maximum Gasteiger partial charge on any atom is 0.339 e. The molecule has 5 N–H and O–H groups in total. The first kappa shape index (κ1) is 15.2. The minimum Gasteiger partial charge on any atom is -0.507 e. The number of para-hydroxylation sites is 1. The number of benzene rings is 2. The van der Waals surface area contributed by atoms with E-state index in [0.29, 0.717) is 5.56 Å². The Morgan fingerprint density at radius 2 is 1.50 bits per heavy atom. The highest BCUT2D eigenvalue weighted by Crippen LogP contribution is 2.14. The van der Waals surface area contributed by atoms with E-state index in [0.717, 1.165) is 0 Å². The maximum absolute atomic E-state index is 10.8. The molecule has 0 saturated heterocycles. The van der Waals surface area contributed by atoms with E-state index in [1.807, 2.05) is 11.5 Å². The summed E-state index contributed by atoms with van der Waals surface area (Å²) in [6.07, 6.45) is 0. The first-order valence-corrected chi connectivity index (χ1v) is 5.63. The van der Waals surface area contributed by atoms with Gasteiger partial charge < -0.3 is 10.2 Å². The predicted molar refractivity (Wildman–Crippen MR) is 73.2 cm³/mol. The highest BCUT2D eigenvalue weighted by molar-refractivity contribution is 5.93. The van der Waals surface area contributed by atoms with Crippen LogP contribution < -0.4 is 11.3 Å². The van der Waals surface area contributed by atoms with Crippen molar-refractivity contribution in [1.29, 1.82) is 0 Å². The molecule has 0 spiro atoms. The second kappa shape index (κ2) is 7.55. The van der Waals surface area contributed by atoms with E-state index in [-0.39, 0.29) is 17.2 Å². The Morgan fingerprint density at radius 1 is 0.950 bits per heavy atom. The van der Waals surface area contributed by atoms with E-state index in [1.54, 1.807) is 36.4 Å². The summed E-state index contributed by atoms with van der Waals surface area (Å²) >= 11 is 0. The molecule has 20 heavy (non-hydrogen) atoms. The Kier molecular flexibility index (Phi) is 5.74. The average molecular weight is 274 g/mol. The standard InChI is InChI=1S/C7H8N2O.C7H6O3/c8-9-7(10)6-4-2-1-3-5-6;8-6-4-2-1-3-5(6)7(9)10/h1-5H,8H2,(H,9,10);1-4,8H,(H,9,10). The number of amides is 1. The largest absolute Gasteiger partial charge is 0.507 e. The molecule has 0 bridgehead atoms. The van der Waals surface area contributed by atoms with Crippen LogP contribution in [0, 0.1) is 0 Å². The molecule has 0 aromatic heterocycles. The summed E-state index contributed by atoms with van der Waals surface area (Å²) in [5.74, 6) is 3.33. The van der Waals surface area contributed by atoms with Gasteiger partial charge >= 0.3 is 5.97 Å². The quantitative estimate of drug-likeness (QED) is 0.375. The molecule has 2 aromatic carbocycles. The molecule has 104 valence electrons. The van der Waals surface area contributed by atoms with Crippen LogP contribution in [0.1, 0.15) is 20.7 Å². The number of hydrazine groups is 1. The molecule has 0 fully saturated rings. The summed E-state index contributed by atoms with van der Waals surface area (Å²) in [7, 11) is 0. The van der Waals surface area contributed by atoms with Crippen LogP contribution in [0.25, 0.3) is 0 Å². The fraction of sp³-hybridized carbons (Fsp3) is 0. The lowest BCUT2D eigenvalue weighted by Gasteiger charge is -1.95. The highest BCUT2D eigenvalue weighted by atomic mass is 16.4. The van der Waals surface area contributed by atoms with E-state index in [9.17, 15) is 9.59 Å². The van der Waals surface area contributed by atoms with E-state index in [1.165, 1.54) is 12.1 Å². The van der Waals surface area contributed by atoms with Crippen molar-refractivity contribution in [2.75, 3.05) is 0 Å². The zero-order valence-electron chi connectivity index (χ0n) is 10.5. The SMILES string of the molecule is NNC(=O)c1ccccc1.O=C(O)c1ccccc1O. The van der Waals surface area contributed by atoms with E-state index in [4.69, 9.17) is 16.1 Å². The third-order valence-corrected chi connectivity index (χ3v) is 2.30. The van der Waals surface area contributed by atoms with Gasteiger partial charge in [0, 0.05) is 5.56 Å². The third-order valence-electron chi connectivity index (χ3n) is 2.30. The predicted octanol–water partition coefficient (Wildman–Crippen LogP) is 1.38. The van der Waals surface area contributed by atoms with Crippen LogP contribution in [-0.2, 0) is 0 Å². The van der Waals surface area contributed by atoms with Gasteiger partial charge in [-0.2, -0.15) is 0 Å². The van der Waals surface area contributed by atoms with Crippen molar-refractivity contribution in [3.8, 4) is 5.75 Å². The fourth-order valence-corrected chi connectivity index (χ4v) is 1.33. The molecule has 2 rings (SSSR count). The molecule has 0 atom stereocenters. The number of rotatable bonds is 2. The van der Waals surface area contributed by atoms with E-state index < -0.39 is 5.97 Å². The van der Waals surface area contributed by atoms with Gasteiger partial charge in [0.2, 0.25) is 0 Å². The van der Waals surface area contributed by atoms with Gasteiger partial charge in [-0.3, -0.25) is 10.2 Å². The molecule has 0 unspecified atom stereocenters. The fourth-order valence-electron chi connectivity index (χ4n) is 1.33. The molecule has 1 amide bonds. The van der Waals surface area contributed by atoms with Gasteiger partial charge in [-0.05, 0) is 24.3 Å². The van der Waals surface area contributed by atoms with Crippen molar-refractivity contribution in [3.63, 3.8) is 0 Å². The third kappa shape index (κ3) is 4.43. The second-order valence-electron chi connectivity index (χ2n) is 3.66. The first-order valence-electron chi connectivity index (χ1n) is 5.63. The Morgan fingerprint density at radius 3 is 1.95 bits per heavy atom. The van der Waals surface area contributed by atoms with Gasteiger partial charge in [-0.1, -0.05) is 30.3 Å². The molecule has 2 aromatic rings. The molecular formula is C14H14N2O4. The number of nitrogens with two attached hydrogens (primary N) is 1.